The van der Waals surface area contributed by atoms with Gasteiger partial charge in [-0.25, -0.2) is 4.79 Å². The molecule has 1 saturated heterocycles. The first-order valence-corrected chi connectivity index (χ1v) is 4.73. The molecular formula is C9H19N2O2+. The van der Waals surface area contributed by atoms with Crippen LogP contribution in [-0.4, -0.2) is 35.7 Å². The molecule has 0 unspecified atom stereocenters. The lowest BCUT2D eigenvalue weighted by atomic mass is 10.0. The number of ether oxygens (including phenoxy) is 1. The Morgan fingerprint density at radius 2 is 2.23 bits per heavy atom. The minimum atomic E-state index is -0.390. The number of rotatable bonds is 1. The summed E-state index contributed by atoms with van der Waals surface area (Å²) in [7, 11) is 0. The lowest BCUT2D eigenvalue weighted by molar-refractivity contribution is -0.382. The molecule has 0 bridgehead atoms. The van der Waals surface area contributed by atoms with Gasteiger partial charge in [0.2, 0.25) is 0 Å². The second-order valence-electron chi connectivity index (χ2n) is 4.40. The molecule has 13 heavy (non-hydrogen) atoms. The smallest absolute Gasteiger partial charge is 0.410 e. The average molecular weight is 187 g/mol. The van der Waals surface area contributed by atoms with Gasteiger partial charge in [-0.05, 0) is 27.2 Å². The predicted octanol–water partition coefficient (Wildman–Crippen LogP) is 0.238. The summed E-state index contributed by atoms with van der Waals surface area (Å²) >= 11 is 0. The fourth-order valence-electron chi connectivity index (χ4n) is 1.30. The van der Waals surface area contributed by atoms with E-state index < -0.39 is 5.60 Å². The van der Waals surface area contributed by atoms with Crippen molar-refractivity contribution in [3.05, 3.63) is 0 Å². The monoisotopic (exact) mass is 187 g/mol. The van der Waals surface area contributed by atoms with Crippen molar-refractivity contribution in [1.29, 1.82) is 0 Å². The molecule has 4 nitrogen and oxygen atoms in total. The van der Waals surface area contributed by atoms with Gasteiger partial charge in [0.1, 0.15) is 5.60 Å². The first-order chi connectivity index (χ1) is 5.94. The summed E-state index contributed by atoms with van der Waals surface area (Å²) in [4.78, 5) is 13.2. The standard InChI is InChI=1S/C9H18N2O2/c1-9(2,3)13-8(12)11-5-4-7(11)6-10/h7H,4-6,10H2,1-3H3/p+1/t7-/m0/s1. The van der Waals surface area contributed by atoms with Crippen molar-refractivity contribution < 1.29 is 15.3 Å². The van der Waals surface area contributed by atoms with Gasteiger partial charge in [0.15, 0.2) is 0 Å². The lowest BCUT2D eigenvalue weighted by Crippen LogP contribution is -2.66. The van der Waals surface area contributed by atoms with Crippen LogP contribution in [0.15, 0.2) is 0 Å². The zero-order valence-corrected chi connectivity index (χ0v) is 8.67. The van der Waals surface area contributed by atoms with Gasteiger partial charge in [-0.15, -0.1) is 0 Å². The minimum absolute atomic E-state index is 0.201. The Morgan fingerprint density at radius 3 is 2.54 bits per heavy atom. The Labute approximate surface area is 79.0 Å². The maximum absolute atomic E-state index is 11.5. The summed E-state index contributed by atoms with van der Waals surface area (Å²) in [5.74, 6) is 0. The van der Waals surface area contributed by atoms with E-state index in [1.165, 1.54) is 0 Å². The first kappa shape index (κ1) is 10.3. The van der Waals surface area contributed by atoms with Crippen molar-refractivity contribution in [1.82, 2.24) is 4.90 Å². The Morgan fingerprint density at radius 1 is 1.62 bits per heavy atom. The molecule has 0 aromatic carbocycles. The first-order valence-electron chi connectivity index (χ1n) is 4.73. The normalized spacial score (nSPS) is 22.5. The van der Waals surface area contributed by atoms with Crippen LogP contribution < -0.4 is 5.73 Å². The highest BCUT2D eigenvalue weighted by Gasteiger charge is 2.35. The van der Waals surface area contributed by atoms with E-state index in [0.29, 0.717) is 6.04 Å². The van der Waals surface area contributed by atoms with Crippen LogP contribution >= 0.6 is 0 Å². The fraction of sp³-hybridized carbons (Fsp3) is 0.889. The Kier molecular flexibility index (Phi) is 2.81. The summed E-state index contributed by atoms with van der Waals surface area (Å²) in [6, 6.07) is 0.301. The molecule has 0 spiro atoms. The molecule has 1 rings (SSSR count). The summed E-state index contributed by atoms with van der Waals surface area (Å²) in [6.07, 6.45) is 0.857. The van der Waals surface area contributed by atoms with Crippen molar-refractivity contribution in [3.63, 3.8) is 0 Å². The van der Waals surface area contributed by atoms with E-state index in [4.69, 9.17) is 4.74 Å². The Hall–Kier alpha value is -0.770. The Bertz CT molecular complexity index is 196. The zero-order chi connectivity index (χ0) is 10.1. The van der Waals surface area contributed by atoms with Crippen LogP contribution in [0.1, 0.15) is 27.2 Å². The van der Waals surface area contributed by atoms with Crippen LogP contribution in [0.3, 0.4) is 0 Å². The van der Waals surface area contributed by atoms with Crippen molar-refractivity contribution in [2.45, 2.75) is 38.8 Å². The van der Waals surface area contributed by atoms with Crippen molar-refractivity contribution in [2.24, 2.45) is 0 Å². The molecule has 1 aliphatic heterocycles. The van der Waals surface area contributed by atoms with Gasteiger partial charge >= 0.3 is 6.09 Å². The quantitative estimate of drug-likeness (QED) is 0.639. The topological polar surface area (TPSA) is 57.2 Å². The molecule has 0 aliphatic carbocycles. The van der Waals surface area contributed by atoms with E-state index in [2.05, 4.69) is 5.73 Å². The van der Waals surface area contributed by atoms with Crippen molar-refractivity contribution in [2.75, 3.05) is 13.1 Å². The van der Waals surface area contributed by atoms with E-state index in [0.717, 1.165) is 19.5 Å². The zero-order valence-electron chi connectivity index (χ0n) is 8.67. The van der Waals surface area contributed by atoms with Crippen LogP contribution in [0.5, 0.6) is 0 Å². The second kappa shape index (κ2) is 3.54. The van der Waals surface area contributed by atoms with E-state index in [1.807, 2.05) is 20.8 Å². The largest absolute Gasteiger partial charge is 0.444 e. The van der Waals surface area contributed by atoms with Crippen LogP contribution in [0.4, 0.5) is 4.79 Å². The number of quaternary nitrogens is 1. The van der Waals surface area contributed by atoms with E-state index in [-0.39, 0.29) is 6.09 Å². The molecule has 1 heterocycles. The van der Waals surface area contributed by atoms with Gasteiger partial charge < -0.3 is 10.5 Å². The van der Waals surface area contributed by atoms with E-state index in [9.17, 15) is 4.79 Å². The third kappa shape index (κ3) is 2.59. The number of carbonyl (C=O) groups excluding carboxylic acids is 1. The summed E-state index contributed by atoms with van der Waals surface area (Å²) in [5.41, 5.74) is 3.40. The minimum Gasteiger partial charge on any atom is -0.444 e. The third-order valence-electron chi connectivity index (χ3n) is 2.11. The van der Waals surface area contributed by atoms with Gasteiger partial charge in [0, 0.05) is 6.54 Å². The molecule has 1 amide bonds. The third-order valence-corrected chi connectivity index (χ3v) is 2.11. The number of carbonyl (C=O) groups is 1. The summed E-state index contributed by atoms with van der Waals surface area (Å²) < 4.78 is 5.23. The molecule has 0 radical (unpaired) electrons. The molecule has 1 atom stereocenters. The number of amides is 1. The fourth-order valence-corrected chi connectivity index (χ4v) is 1.30. The van der Waals surface area contributed by atoms with Gasteiger partial charge in [-0.2, -0.15) is 0 Å². The highest BCUT2D eigenvalue weighted by atomic mass is 16.6. The van der Waals surface area contributed by atoms with Crippen molar-refractivity contribution in [3.8, 4) is 0 Å². The maximum atomic E-state index is 11.5. The summed E-state index contributed by atoms with van der Waals surface area (Å²) in [6.45, 7) is 7.23. The molecule has 0 saturated carbocycles. The van der Waals surface area contributed by atoms with Crippen molar-refractivity contribution >= 4 is 6.09 Å². The molecule has 1 aliphatic rings. The number of nitrogens with zero attached hydrogens (tertiary/aromatic N) is 1. The molecule has 76 valence electrons. The van der Waals surface area contributed by atoms with E-state index in [1.54, 1.807) is 4.90 Å². The molecule has 4 heteroatoms. The predicted molar refractivity (Wildman–Crippen MR) is 49.1 cm³/mol. The molecule has 3 N–H and O–H groups in total. The highest BCUT2D eigenvalue weighted by Crippen LogP contribution is 2.19. The molecule has 1 fully saturated rings. The second-order valence-corrected chi connectivity index (χ2v) is 4.40. The maximum Gasteiger partial charge on any atom is 0.410 e. The summed E-state index contributed by atoms with van der Waals surface area (Å²) in [5, 5.41) is 0. The van der Waals surface area contributed by atoms with Gasteiger partial charge in [-0.3, -0.25) is 4.90 Å². The van der Waals surface area contributed by atoms with Gasteiger partial charge in [0.25, 0.3) is 0 Å². The molecule has 0 aromatic rings. The number of hydrogen-bond donors (Lipinski definition) is 1. The lowest BCUT2D eigenvalue weighted by Gasteiger charge is -2.39. The van der Waals surface area contributed by atoms with Gasteiger partial charge in [0.05, 0.1) is 12.6 Å². The highest BCUT2D eigenvalue weighted by molar-refractivity contribution is 5.69. The van der Waals surface area contributed by atoms with Crippen LogP contribution in [0, 0.1) is 0 Å². The average Bonchev–Trinajstić information content (AvgIpc) is 1.80. The SMILES string of the molecule is CC(C)(C)OC(=O)N1CC[C@H]1C[NH3+]. The van der Waals surface area contributed by atoms with Gasteiger partial charge in [-0.1, -0.05) is 0 Å². The van der Waals surface area contributed by atoms with Crippen LogP contribution in [0.25, 0.3) is 0 Å². The van der Waals surface area contributed by atoms with Crippen LogP contribution in [0.2, 0.25) is 0 Å². The Balaban J connectivity index is 2.40. The number of hydrogen-bond acceptors (Lipinski definition) is 2. The molecular weight excluding hydrogens is 168 g/mol. The molecule has 0 aromatic heterocycles. The van der Waals surface area contributed by atoms with E-state index >= 15 is 0 Å². The van der Waals surface area contributed by atoms with Crippen LogP contribution in [-0.2, 0) is 4.74 Å². The number of likely N-dealkylation sites (tertiary alicyclic amines) is 1.